The molecule has 0 saturated carbocycles. The Morgan fingerprint density at radius 2 is 0.894 bits per heavy atom. The van der Waals surface area contributed by atoms with Crippen molar-refractivity contribution < 1.29 is 71.5 Å². The van der Waals surface area contributed by atoms with Gasteiger partial charge >= 0.3 is 36.1 Å². The van der Waals surface area contributed by atoms with Crippen LogP contribution in [-0.2, 0) is 61.9 Å². The van der Waals surface area contributed by atoms with E-state index < -0.39 is 62.5 Å². The number of carbonyl (C=O) groups excluding carboxylic acids is 7. The maximum Gasteiger partial charge on any atom is 0.407 e. The molecule has 0 unspecified atom stereocenters. The van der Waals surface area contributed by atoms with Gasteiger partial charge in [-0.25, -0.2) is 28.8 Å². The molecule has 0 aliphatic rings. The van der Waals surface area contributed by atoms with Gasteiger partial charge in [0.05, 0.1) is 32.1 Å². The number of carbonyl (C=O) groups is 7. The fourth-order valence-electron chi connectivity index (χ4n) is 3.15. The monoisotopic (exact) mass is 677 g/mol. The van der Waals surface area contributed by atoms with Crippen molar-refractivity contribution in [3.05, 3.63) is 0 Å². The molecule has 0 radical (unpaired) electrons. The number of rotatable bonds is 28. The predicted octanol–water partition coefficient (Wildman–Crippen LogP) is -1.29. The van der Waals surface area contributed by atoms with Crippen molar-refractivity contribution in [2.75, 3.05) is 98.8 Å². The summed E-state index contributed by atoms with van der Waals surface area (Å²) >= 11 is 0. The molecule has 19 heteroatoms. The van der Waals surface area contributed by atoms with E-state index in [1.807, 2.05) is 13.8 Å². The molecule has 18 nitrogen and oxygen atoms in total. The van der Waals surface area contributed by atoms with Gasteiger partial charge in [0.1, 0.15) is 39.6 Å². The Hall–Kier alpha value is -3.97. The lowest BCUT2D eigenvalue weighted by Crippen LogP contribution is -2.36. The second kappa shape index (κ2) is 29.4. The van der Waals surface area contributed by atoms with E-state index in [0.29, 0.717) is 38.9 Å². The summed E-state index contributed by atoms with van der Waals surface area (Å²) in [6.45, 7) is 3.22. The van der Waals surface area contributed by atoms with Crippen molar-refractivity contribution in [2.24, 2.45) is 0 Å². The van der Waals surface area contributed by atoms with Crippen LogP contribution in [0.2, 0.25) is 0 Å². The molecule has 0 aliphatic heterocycles. The first-order chi connectivity index (χ1) is 22.6. The Morgan fingerprint density at radius 1 is 0.532 bits per heavy atom. The highest BCUT2D eigenvalue weighted by Crippen LogP contribution is 1.94. The van der Waals surface area contributed by atoms with E-state index in [1.165, 1.54) is 7.85 Å². The first-order valence-electron chi connectivity index (χ1n) is 15.4. The normalized spacial score (nSPS) is 10.4. The van der Waals surface area contributed by atoms with Gasteiger partial charge in [-0.15, -0.1) is 0 Å². The summed E-state index contributed by atoms with van der Waals surface area (Å²) in [7, 11) is 1.38. The Morgan fingerprint density at radius 3 is 1.23 bits per heavy atom. The Bertz CT molecular complexity index is 888. The molecule has 2 amide bonds. The Labute approximate surface area is 275 Å². The predicted molar refractivity (Wildman–Crippen MR) is 164 cm³/mol. The number of nitrogens with zero attached hydrogens (tertiary/aromatic N) is 1. The van der Waals surface area contributed by atoms with Crippen LogP contribution in [0.1, 0.15) is 39.5 Å². The van der Waals surface area contributed by atoms with Crippen LogP contribution in [0.25, 0.3) is 0 Å². The minimum Gasteiger partial charge on any atom is -0.464 e. The van der Waals surface area contributed by atoms with Gasteiger partial charge in [0, 0.05) is 32.7 Å². The molecular weight excluding hydrogens is 629 g/mol. The molecule has 0 atom stereocenters. The van der Waals surface area contributed by atoms with Crippen LogP contribution in [0, 0.1) is 0 Å². The van der Waals surface area contributed by atoms with Gasteiger partial charge in [-0.05, 0) is 25.7 Å². The lowest BCUT2D eigenvalue weighted by molar-refractivity contribution is -0.156. The van der Waals surface area contributed by atoms with Gasteiger partial charge < -0.3 is 53.3 Å². The van der Waals surface area contributed by atoms with Crippen LogP contribution in [0.5, 0.6) is 0 Å². The lowest BCUT2D eigenvalue weighted by Gasteiger charge is -2.20. The molecular formula is C28H48BN3O15. The number of ether oxygens (including phenoxy) is 8. The molecule has 0 aromatic carbocycles. The van der Waals surface area contributed by atoms with E-state index >= 15 is 0 Å². The zero-order valence-electron chi connectivity index (χ0n) is 27.5. The van der Waals surface area contributed by atoms with Gasteiger partial charge in [0.25, 0.3) is 0 Å². The molecule has 0 fully saturated rings. The van der Waals surface area contributed by atoms with Gasteiger partial charge in [-0.1, -0.05) is 13.8 Å². The van der Waals surface area contributed by atoms with Crippen LogP contribution in [-0.4, -0.2) is 153 Å². The van der Waals surface area contributed by atoms with Crippen molar-refractivity contribution in [2.45, 2.75) is 39.5 Å². The van der Waals surface area contributed by atoms with E-state index in [4.69, 9.17) is 37.9 Å². The summed E-state index contributed by atoms with van der Waals surface area (Å²) in [4.78, 5) is 82.9. The highest BCUT2D eigenvalue weighted by molar-refractivity contribution is 6.58. The summed E-state index contributed by atoms with van der Waals surface area (Å²) in [5.74, 6) is -2.85. The first-order valence-corrected chi connectivity index (χ1v) is 15.4. The molecule has 0 aliphatic carbocycles. The maximum absolute atomic E-state index is 11.9. The molecule has 2 N–H and O–H groups in total. The van der Waals surface area contributed by atoms with Crippen LogP contribution < -0.4 is 10.6 Å². The molecule has 0 rings (SSSR count). The summed E-state index contributed by atoms with van der Waals surface area (Å²) in [5, 5.41) is 5.02. The third kappa shape index (κ3) is 29.2. The average Bonchev–Trinajstić information content (AvgIpc) is 3.02. The molecule has 0 aromatic rings. The van der Waals surface area contributed by atoms with Gasteiger partial charge in [-0.3, -0.25) is 4.90 Å². The summed E-state index contributed by atoms with van der Waals surface area (Å²) in [6, 6.07) is 0. The van der Waals surface area contributed by atoms with Gasteiger partial charge in [0.2, 0.25) is 0 Å². The number of esters is 4. The average molecular weight is 678 g/mol. The van der Waals surface area contributed by atoms with Crippen LogP contribution in [0.3, 0.4) is 0 Å². The fourth-order valence-corrected chi connectivity index (χ4v) is 3.15. The molecule has 0 aromatic heterocycles. The van der Waals surface area contributed by atoms with Crippen LogP contribution in [0.15, 0.2) is 0 Å². The van der Waals surface area contributed by atoms with Gasteiger partial charge in [-0.2, -0.15) is 0 Å². The number of alkyl carbamates (subject to hydrolysis) is 2. The van der Waals surface area contributed by atoms with Crippen LogP contribution in [0.4, 0.5) is 9.59 Å². The van der Waals surface area contributed by atoms with Gasteiger partial charge in [0.15, 0.2) is 7.85 Å². The molecule has 268 valence electrons. The number of amides is 2. The van der Waals surface area contributed by atoms with E-state index in [0.717, 1.165) is 0 Å². The fraction of sp³-hybridized carbons (Fsp3) is 0.750. The van der Waals surface area contributed by atoms with Crippen molar-refractivity contribution in [3.8, 4) is 0 Å². The number of nitrogens with one attached hydrogen (secondary N) is 2. The van der Waals surface area contributed by atoms with Crippen LogP contribution >= 0.6 is 0 Å². The van der Waals surface area contributed by atoms with Crippen molar-refractivity contribution in [3.63, 3.8) is 0 Å². The second-order valence-electron chi connectivity index (χ2n) is 9.68. The van der Waals surface area contributed by atoms with Crippen molar-refractivity contribution >= 4 is 49.6 Å². The highest BCUT2D eigenvalue weighted by atomic mass is 16.6. The number of hydrogen-bond acceptors (Lipinski definition) is 16. The van der Waals surface area contributed by atoms with E-state index in [1.54, 1.807) is 4.90 Å². The Kier molecular flexibility index (Phi) is 27.0. The topological polar surface area (TPSA) is 221 Å². The minimum absolute atomic E-state index is 0.0185. The third-order valence-corrected chi connectivity index (χ3v) is 5.25. The maximum atomic E-state index is 11.9. The summed E-state index contributed by atoms with van der Waals surface area (Å²) in [6.07, 6.45) is 1.08. The smallest absolute Gasteiger partial charge is 0.407 e. The largest absolute Gasteiger partial charge is 0.464 e. The third-order valence-electron chi connectivity index (χ3n) is 5.25. The molecule has 0 bridgehead atoms. The molecule has 0 saturated heterocycles. The summed E-state index contributed by atoms with van der Waals surface area (Å²) in [5.41, 5.74) is -0.161. The highest BCUT2D eigenvalue weighted by Gasteiger charge is 2.13. The standard InChI is InChI=1S/C28H48BN3O15/c1-3-11-46-27(38)30-7-5-13-42-23(34)18-40-20-25(36)44-15-9-32(17-22(29)33)10-16-45-26(37)21-41-19-24(35)43-14-6-8-31-28(39)47-12-4-2/h3-21,29H2,1-2H3,(H,30,38)(H,31,39). The first kappa shape index (κ1) is 43.0. The van der Waals surface area contributed by atoms with Crippen molar-refractivity contribution in [1.29, 1.82) is 0 Å². The second-order valence-corrected chi connectivity index (χ2v) is 9.68. The quantitative estimate of drug-likeness (QED) is 0.0426. The van der Waals surface area contributed by atoms with E-state index in [-0.39, 0.29) is 64.8 Å². The zero-order valence-corrected chi connectivity index (χ0v) is 27.5. The lowest BCUT2D eigenvalue weighted by atomic mass is 10.0. The Balaban J connectivity index is 3.98. The SMILES string of the molecule is BC(=O)CN(CCOC(=O)COCC(=O)OCCCNC(=O)OCCC)CCOC(=O)COCC(=O)OCCCNC(=O)OCCC. The molecule has 47 heavy (non-hydrogen) atoms. The number of hydrogen-bond donors (Lipinski definition) is 2. The zero-order chi connectivity index (χ0) is 35.1. The van der Waals surface area contributed by atoms with E-state index in [9.17, 15) is 33.6 Å². The summed E-state index contributed by atoms with van der Waals surface area (Å²) < 4.78 is 39.6. The molecule has 0 spiro atoms. The molecule has 0 heterocycles. The minimum atomic E-state index is -0.735. The van der Waals surface area contributed by atoms with E-state index in [2.05, 4.69) is 10.6 Å². The van der Waals surface area contributed by atoms with Crippen molar-refractivity contribution in [1.82, 2.24) is 15.5 Å².